The van der Waals surface area contributed by atoms with Gasteiger partial charge in [0, 0.05) is 37.3 Å². The molecule has 1 aliphatic heterocycles. The van der Waals surface area contributed by atoms with E-state index >= 15 is 0 Å². The first-order valence-corrected chi connectivity index (χ1v) is 12.3. The Morgan fingerprint density at radius 3 is 2.73 bits per heavy atom. The molecule has 0 saturated carbocycles. The Balaban J connectivity index is 1.73. The molecular formula is C26H29FN8O2. The maximum atomic E-state index is 13.9. The summed E-state index contributed by atoms with van der Waals surface area (Å²) in [5, 5.41) is 0.906. The van der Waals surface area contributed by atoms with Crippen molar-refractivity contribution in [1.29, 1.82) is 0 Å². The second kappa shape index (κ2) is 9.78. The molecule has 1 fully saturated rings. The van der Waals surface area contributed by atoms with Crippen LogP contribution in [0.5, 0.6) is 0 Å². The van der Waals surface area contributed by atoms with Gasteiger partial charge in [0.15, 0.2) is 17.0 Å². The number of aromatic nitrogens is 6. The number of benzene rings is 1. The molecule has 0 aliphatic carbocycles. The zero-order valence-electron chi connectivity index (χ0n) is 21.1. The molecule has 4 aromatic rings. The molecule has 2 N–H and O–H groups in total. The van der Waals surface area contributed by atoms with E-state index in [0.29, 0.717) is 24.9 Å². The lowest BCUT2D eigenvalue weighted by Crippen LogP contribution is -2.44. The Kier molecular flexibility index (Phi) is 6.52. The van der Waals surface area contributed by atoms with Crippen LogP contribution in [0.1, 0.15) is 37.3 Å². The molecule has 0 radical (unpaired) electrons. The van der Waals surface area contributed by atoms with Gasteiger partial charge in [-0.2, -0.15) is 4.98 Å². The topological polar surface area (TPSA) is 117 Å². The van der Waals surface area contributed by atoms with Gasteiger partial charge in [-0.1, -0.05) is 30.0 Å². The van der Waals surface area contributed by atoms with Crippen molar-refractivity contribution < 1.29 is 4.39 Å². The average Bonchev–Trinajstić information content (AvgIpc) is 3.27. The van der Waals surface area contributed by atoms with Gasteiger partial charge in [0.25, 0.3) is 5.56 Å². The number of aryl methyl sites for hydroxylation is 2. The van der Waals surface area contributed by atoms with Crippen LogP contribution in [0.25, 0.3) is 22.1 Å². The van der Waals surface area contributed by atoms with Crippen molar-refractivity contribution in [2.45, 2.75) is 45.3 Å². The van der Waals surface area contributed by atoms with Gasteiger partial charge in [-0.05, 0) is 32.8 Å². The van der Waals surface area contributed by atoms with Gasteiger partial charge in [0.2, 0.25) is 5.95 Å². The number of hydrogen-bond acceptors (Lipinski definition) is 7. The molecular weight excluding hydrogens is 475 g/mol. The van der Waals surface area contributed by atoms with E-state index in [1.54, 1.807) is 18.5 Å². The molecule has 4 heterocycles. The monoisotopic (exact) mass is 504 g/mol. The normalized spacial score (nSPS) is 16.7. The van der Waals surface area contributed by atoms with Crippen LogP contribution in [-0.4, -0.2) is 54.5 Å². The second-order valence-corrected chi connectivity index (χ2v) is 9.38. The van der Waals surface area contributed by atoms with Crippen LogP contribution in [0, 0.1) is 18.8 Å². The maximum Gasteiger partial charge on any atom is 0.333 e. The minimum absolute atomic E-state index is 0.0345. The summed E-state index contributed by atoms with van der Waals surface area (Å²) in [5.41, 5.74) is 7.10. The summed E-state index contributed by atoms with van der Waals surface area (Å²) in [5.74, 6) is 6.04. The molecule has 1 unspecified atom stereocenters. The molecule has 2 atom stereocenters. The molecule has 0 spiro atoms. The lowest BCUT2D eigenvalue weighted by atomic mass is 10.1. The van der Waals surface area contributed by atoms with Gasteiger partial charge in [0.05, 0.1) is 18.1 Å². The summed E-state index contributed by atoms with van der Waals surface area (Å²) in [4.78, 5) is 43.4. The van der Waals surface area contributed by atoms with E-state index in [9.17, 15) is 14.0 Å². The van der Waals surface area contributed by atoms with E-state index in [0.717, 1.165) is 34.0 Å². The van der Waals surface area contributed by atoms with Crippen LogP contribution in [-0.2, 0) is 13.6 Å². The van der Waals surface area contributed by atoms with Crippen LogP contribution < -0.4 is 21.9 Å². The number of alkyl halides is 1. The molecule has 37 heavy (non-hydrogen) atoms. The molecule has 192 valence electrons. The minimum atomic E-state index is -0.797. The highest BCUT2D eigenvalue weighted by atomic mass is 19.1. The van der Waals surface area contributed by atoms with E-state index in [1.165, 1.54) is 4.57 Å². The van der Waals surface area contributed by atoms with E-state index < -0.39 is 24.0 Å². The number of fused-ring (bicyclic) bond motifs is 2. The lowest BCUT2D eigenvalue weighted by Gasteiger charge is -2.31. The molecule has 0 amide bonds. The zero-order chi connectivity index (χ0) is 26.3. The third kappa shape index (κ3) is 4.27. The highest BCUT2D eigenvalue weighted by Crippen LogP contribution is 2.24. The van der Waals surface area contributed by atoms with Gasteiger partial charge in [-0.15, -0.1) is 0 Å². The van der Waals surface area contributed by atoms with E-state index in [2.05, 4.69) is 26.8 Å². The van der Waals surface area contributed by atoms with Crippen LogP contribution in [0.15, 0.2) is 33.9 Å². The van der Waals surface area contributed by atoms with E-state index in [4.69, 9.17) is 5.73 Å². The quantitative estimate of drug-likeness (QED) is 0.420. The lowest BCUT2D eigenvalue weighted by molar-refractivity contribution is 0.496. The summed E-state index contributed by atoms with van der Waals surface area (Å²) in [6.07, 6.45) is 1.77. The van der Waals surface area contributed by atoms with Crippen molar-refractivity contribution in [2.75, 3.05) is 24.7 Å². The summed E-state index contributed by atoms with van der Waals surface area (Å²) in [6.45, 7) is 4.12. The number of piperidine rings is 1. The van der Waals surface area contributed by atoms with E-state index in [-0.39, 0.29) is 23.8 Å². The smallest absolute Gasteiger partial charge is 0.333 e. The molecule has 0 bridgehead atoms. The second-order valence-electron chi connectivity index (χ2n) is 9.38. The molecule has 11 heteroatoms. The summed E-state index contributed by atoms with van der Waals surface area (Å²) in [7, 11) is 1.58. The number of para-hydroxylation sites is 1. The SMILES string of the molecule is Cc1nc(C(C)n2c(=O)c3c(nc(N4CCC[C@@H](N)C4)n3CC#CCF)n(C)c2=O)nc2ccccc12. The zero-order valence-corrected chi connectivity index (χ0v) is 21.1. The first-order chi connectivity index (χ1) is 17.8. The summed E-state index contributed by atoms with van der Waals surface area (Å²) < 4.78 is 17.0. The third-order valence-electron chi connectivity index (χ3n) is 6.90. The predicted octanol–water partition coefficient (Wildman–Crippen LogP) is 1.66. The number of nitrogens with two attached hydrogens (primary N) is 1. The fourth-order valence-electron chi connectivity index (χ4n) is 4.99. The number of imidazole rings is 1. The van der Waals surface area contributed by atoms with Crippen molar-refractivity contribution in [3.8, 4) is 11.8 Å². The fraction of sp³-hybridized carbons (Fsp3) is 0.423. The minimum Gasteiger partial charge on any atom is -0.341 e. The Morgan fingerprint density at radius 2 is 1.97 bits per heavy atom. The summed E-state index contributed by atoms with van der Waals surface area (Å²) in [6, 6.07) is 6.82. The number of nitrogens with zero attached hydrogens (tertiary/aromatic N) is 7. The Bertz CT molecular complexity index is 1680. The van der Waals surface area contributed by atoms with E-state index in [1.807, 2.05) is 36.1 Å². The van der Waals surface area contributed by atoms with Crippen LogP contribution >= 0.6 is 0 Å². The van der Waals surface area contributed by atoms with Crippen LogP contribution in [0.3, 0.4) is 0 Å². The highest BCUT2D eigenvalue weighted by Gasteiger charge is 2.28. The largest absolute Gasteiger partial charge is 0.341 e. The maximum absolute atomic E-state index is 13.9. The average molecular weight is 505 g/mol. The predicted molar refractivity (Wildman–Crippen MR) is 140 cm³/mol. The number of halogens is 1. The van der Waals surface area contributed by atoms with Crippen molar-refractivity contribution in [3.63, 3.8) is 0 Å². The molecule has 1 saturated heterocycles. The van der Waals surface area contributed by atoms with Gasteiger partial charge >= 0.3 is 5.69 Å². The Hall–Kier alpha value is -4.04. The molecule has 1 aromatic carbocycles. The van der Waals surface area contributed by atoms with Crippen molar-refractivity contribution in [2.24, 2.45) is 12.8 Å². The summed E-state index contributed by atoms with van der Waals surface area (Å²) >= 11 is 0. The molecule has 10 nitrogen and oxygen atoms in total. The fourth-order valence-corrected chi connectivity index (χ4v) is 4.99. The van der Waals surface area contributed by atoms with Gasteiger partial charge < -0.3 is 10.6 Å². The number of rotatable bonds is 4. The molecule has 3 aromatic heterocycles. The van der Waals surface area contributed by atoms with Crippen molar-refractivity contribution >= 4 is 28.0 Å². The Labute approximate surface area is 212 Å². The van der Waals surface area contributed by atoms with Crippen molar-refractivity contribution in [3.05, 3.63) is 56.6 Å². The standard InChI is InChI=1S/C26H29FN8O2/c1-16-19-10-4-5-11-20(19)30-22(29-16)17(2)35-24(36)21-23(32(3)26(35)37)31-25(34(21)14-7-6-12-27)33-13-8-9-18(28)15-33/h4-5,10-11,17-18H,8-9,12-15,28H2,1-3H3/t17?,18-/m1/s1. The highest BCUT2D eigenvalue weighted by molar-refractivity contribution is 5.80. The van der Waals surface area contributed by atoms with Gasteiger partial charge in [-0.25, -0.2) is 23.7 Å². The first kappa shape index (κ1) is 24.6. The number of hydrogen-bond donors (Lipinski definition) is 1. The van der Waals surface area contributed by atoms with Gasteiger partial charge in [0.1, 0.15) is 6.67 Å². The molecule has 1 aliphatic rings. The van der Waals surface area contributed by atoms with Crippen LogP contribution in [0.2, 0.25) is 0 Å². The van der Waals surface area contributed by atoms with Crippen LogP contribution in [0.4, 0.5) is 10.3 Å². The van der Waals surface area contributed by atoms with Crippen molar-refractivity contribution in [1.82, 2.24) is 28.7 Å². The third-order valence-corrected chi connectivity index (χ3v) is 6.90. The van der Waals surface area contributed by atoms with Gasteiger partial charge in [-0.3, -0.25) is 13.9 Å². The number of anilines is 1. The molecule has 5 rings (SSSR count). The Morgan fingerprint density at radius 1 is 1.19 bits per heavy atom. The first-order valence-electron chi connectivity index (χ1n) is 12.3.